The van der Waals surface area contributed by atoms with Gasteiger partial charge >= 0.3 is 0 Å². The smallest absolute Gasteiger partial charge is 0.253 e. The molecule has 0 bridgehead atoms. The van der Waals surface area contributed by atoms with Crippen molar-refractivity contribution in [2.45, 2.75) is 30.7 Å². The monoisotopic (exact) mass is 543 g/mol. The van der Waals surface area contributed by atoms with Gasteiger partial charge in [-0.15, -0.1) is 0 Å². The Kier molecular flexibility index (Phi) is 6.93. The number of hydrogen-bond acceptors (Lipinski definition) is 6. The number of carbonyl (C=O) groups is 3. The molecule has 2 saturated heterocycles. The van der Waals surface area contributed by atoms with Gasteiger partial charge in [0.15, 0.2) is 0 Å². The number of methoxy groups -OCH3 is 1. The minimum absolute atomic E-state index is 0.125. The summed E-state index contributed by atoms with van der Waals surface area (Å²) in [4.78, 5) is 47.5. The third-order valence-corrected chi connectivity index (χ3v) is 8.40. The molecule has 2 aromatic carbocycles. The van der Waals surface area contributed by atoms with Crippen LogP contribution in [-0.4, -0.2) is 83.7 Å². The number of ether oxygens (including phenoxy) is 2. The topological polar surface area (TPSA) is 99.6 Å². The summed E-state index contributed by atoms with van der Waals surface area (Å²) in [5.41, 5.74) is 0.370. The minimum atomic E-state index is -1.30. The van der Waals surface area contributed by atoms with Gasteiger partial charge in [0.25, 0.3) is 5.91 Å². The molecule has 0 radical (unpaired) electrons. The molecule has 5 atom stereocenters. The van der Waals surface area contributed by atoms with Crippen LogP contribution in [-0.2, 0) is 25.7 Å². The van der Waals surface area contributed by atoms with Gasteiger partial charge in [-0.3, -0.25) is 14.4 Å². The van der Waals surface area contributed by atoms with E-state index in [4.69, 9.17) is 9.47 Å². The average molecular weight is 544 g/mol. The molecule has 2 fully saturated rings. The lowest BCUT2D eigenvalue weighted by Crippen LogP contribution is -2.55. The van der Waals surface area contributed by atoms with E-state index in [1.165, 1.54) is 4.90 Å². The van der Waals surface area contributed by atoms with Crippen LogP contribution in [0.1, 0.15) is 12.0 Å². The Balaban J connectivity index is 1.38. The number of likely N-dealkylation sites (tertiary alicyclic amines) is 1. The molecule has 9 heteroatoms. The first kappa shape index (κ1) is 26.3. The molecule has 3 amide bonds. The van der Waals surface area contributed by atoms with Crippen molar-refractivity contribution in [3.63, 3.8) is 0 Å². The Bertz CT molecular complexity index is 1340. The first-order valence-corrected chi connectivity index (χ1v) is 13.7. The lowest BCUT2D eigenvalue weighted by atomic mass is 9.77. The summed E-state index contributed by atoms with van der Waals surface area (Å²) in [5, 5.41) is 9.59. The number of rotatable bonds is 7. The zero-order chi connectivity index (χ0) is 27.9. The number of carbonyl (C=O) groups excluding carboxylic acids is 3. The van der Waals surface area contributed by atoms with Crippen LogP contribution in [0.25, 0.3) is 0 Å². The van der Waals surface area contributed by atoms with Gasteiger partial charge in [0, 0.05) is 38.5 Å². The summed E-state index contributed by atoms with van der Waals surface area (Å²) < 4.78 is 11.9. The van der Waals surface area contributed by atoms with Crippen molar-refractivity contribution in [1.82, 2.24) is 9.80 Å². The summed E-state index contributed by atoms with van der Waals surface area (Å²) in [6.45, 7) is 1.18. The standard InChI is InChI=1S/C31H33N3O6/c1-39-23-13-11-22(12-14-23)33-17-6-15-31-26(29(37)34(18-7-19-35)27(31)30(33)38)25-24(40-31)10-5-16-32(28(25)36)20-21-8-3-2-4-9-21/h2-6,8-15,24-27,35H,7,16-20H2,1H3/t24-,25+,26-,27?,31-/m0/s1. The van der Waals surface area contributed by atoms with E-state index in [1.807, 2.05) is 66.8 Å². The van der Waals surface area contributed by atoms with Crippen LogP contribution in [0, 0.1) is 11.8 Å². The van der Waals surface area contributed by atoms with Crippen molar-refractivity contribution in [2.75, 3.05) is 38.3 Å². The second-order valence-corrected chi connectivity index (χ2v) is 10.6. The van der Waals surface area contributed by atoms with Gasteiger partial charge in [-0.05, 0) is 36.2 Å². The highest BCUT2D eigenvalue weighted by atomic mass is 16.5. The molecule has 2 aromatic rings. The molecule has 208 valence electrons. The number of aliphatic hydroxyl groups excluding tert-OH is 1. The van der Waals surface area contributed by atoms with E-state index in [-0.39, 0.29) is 30.9 Å². The van der Waals surface area contributed by atoms with Crippen LogP contribution in [0.2, 0.25) is 0 Å². The third-order valence-electron chi connectivity index (χ3n) is 8.40. The lowest BCUT2D eigenvalue weighted by Gasteiger charge is -2.35. The summed E-state index contributed by atoms with van der Waals surface area (Å²) in [7, 11) is 1.58. The first-order valence-electron chi connectivity index (χ1n) is 13.7. The first-order chi connectivity index (χ1) is 19.5. The molecule has 0 aromatic heterocycles. The Labute approximate surface area is 233 Å². The molecular formula is C31H33N3O6. The fraction of sp³-hybridized carbons (Fsp3) is 0.387. The molecule has 9 nitrogen and oxygen atoms in total. The van der Waals surface area contributed by atoms with Crippen LogP contribution in [0.15, 0.2) is 78.9 Å². The van der Waals surface area contributed by atoms with E-state index in [1.54, 1.807) is 29.0 Å². The maximum Gasteiger partial charge on any atom is 0.253 e. The fourth-order valence-corrected chi connectivity index (χ4v) is 6.61. The van der Waals surface area contributed by atoms with Crippen LogP contribution in [0.3, 0.4) is 0 Å². The van der Waals surface area contributed by atoms with E-state index in [2.05, 4.69) is 0 Å². The predicted octanol–water partition coefficient (Wildman–Crippen LogP) is 2.16. The largest absolute Gasteiger partial charge is 0.497 e. The van der Waals surface area contributed by atoms with Crippen molar-refractivity contribution >= 4 is 23.4 Å². The molecule has 1 unspecified atom stereocenters. The molecule has 40 heavy (non-hydrogen) atoms. The average Bonchev–Trinajstić information content (AvgIpc) is 3.29. The van der Waals surface area contributed by atoms with Crippen molar-refractivity contribution in [2.24, 2.45) is 11.8 Å². The van der Waals surface area contributed by atoms with Gasteiger partial charge < -0.3 is 29.3 Å². The van der Waals surface area contributed by atoms with Gasteiger partial charge in [-0.25, -0.2) is 0 Å². The molecule has 4 aliphatic heterocycles. The van der Waals surface area contributed by atoms with Crippen molar-refractivity contribution < 1.29 is 29.0 Å². The minimum Gasteiger partial charge on any atom is -0.497 e. The second kappa shape index (κ2) is 10.6. The number of amides is 3. The second-order valence-electron chi connectivity index (χ2n) is 10.6. The van der Waals surface area contributed by atoms with E-state index in [0.29, 0.717) is 37.5 Å². The maximum absolute atomic E-state index is 14.3. The molecular weight excluding hydrogens is 510 g/mol. The zero-order valence-electron chi connectivity index (χ0n) is 22.4. The molecule has 4 heterocycles. The van der Waals surface area contributed by atoms with Crippen molar-refractivity contribution in [3.05, 3.63) is 84.5 Å². The number of benzene rings is 2. The SMILES string of the molecule is COc1ccc(N2CC=C[C@]34O[C@H]5C=CCN(Cc6ccccc6)C(=O)[C@H]5[C@H]3C(=O)N(CCCO)C4C2=O)cc1. The van der Waals surface area contributed by atoms with Gasteiger partial charge in [-0.1, -0.05) is 54.6 Å². The van der Waals surface area contributed by atoms with Gasteiger partial charge in [0.1, 0.15) is 17.4 Å². The zero-order valence-corrected chi connectivity index (χ0v) is 22.4. The number of hydrogen-bond donors (Lipinski definition) is 1. The van der Waals surface area contributed by atoms with Crippen LogP contribution < -0.4 is 9.64 Å². The highest BCUT2D eigenvalue weighted by Gasteiger charge is 2.71. The van der Waals surface area contributed by atoms with Gasteiger partial charge in [0.05, 0.1) is 25.0 Å². The Morgan fingerprint density at radius 1 is 0.975 bits per heavy atom. The Morgan fingerprint density at radius 3 is 2.48 bits per heavy atom. The van der Waals surface area contributed by atoms with Crippen LogP contribution in [0.5, 0.6) is 5.75 Å². The molecule has 0 saturated carbocycles. The summed E-state index contributed by atoms with van der Waals surface area (Å²) in [5.74, 6) is -1.67. The Morgan fingerprint density at radius 2 is 1.75 bits per heavy atom. The molecule has 0 aliphatic carbocycles. The molecule has 1 spiro atoms. The third kappa shape index (κ3) is 4.20. The summed E-state index contributed by atoms with van der Waals surface area (Å²) in [6, 6.07) is 16.0. The quantitative estimate of drug-likeness (QED) is 0.538. The predicted molar refractivity (Wildman–Crippen MR) is 147 cm³/mol. The highest BCUT2D eigenvalue weighted by Crippen LogP contribution is 2.53. The molecule has 4 aliphatic rings. The van der Waals surface area contributed by atoms with Crippen molar-refractivity contribution in [3.8, 4) is 5.75 Å². The fourth-order valence-electron chi connectivity index (χ4n) is 6.61. The maximum atomic E-state index is 14.3. The molecule has 1 N–H and O–H groups in total. The highest BCUT2D eigenvalue weighted by molar-refractivity contribution is 6.05. The van der Waals surface area contributed by atoms with Crippen molar-refractivity contribution in [1.29, 1.82) is 0 Å². The number of fused-ring (bicyclic) bond motifs is 2. The lowest BCUT2D eigenvalue weighted by molar-refractivity contribution is -0.144. The normalized spacial score (nSPS) is 29.2. The number of nitrogens with zero attached hydrogens (tertiary/aromatic N) is 3. The van der Waals surface area contributed by atoms with Gasteiger partial charge in [-0.2, -0.15) is 0 Å². The van der Waals surface area contributed by atoms with E-state index in [0.717, 1.165) is 5.56 Å². The van der Waals surface area contributed by atoms with Crippen LogP contribution in [0.4, 0.5) is 5.69 Å². The van der Waals surface area contributed by atoms with E-state index >= 15 is 0 Å². The summed E-state index contributed by atoms with van der Waals surface area (Å²) in [6.07, 6.45) is 7.16. The molecule has 6 rings (SSSR count). The van der Waals surface area contributed by atoms with E-state index < -0.39 is 29.6 Å². The van der Waals surface area contributed by atoms with Gasteiger partial charge in [0.2, 0.25) is 11.8 Å². The Hall–Kier alpha value is -3.95. The van der Waals surface area contributed by atoms with E-state index in [9.17, 15) is 19.5 Å². The van der Waals surface area contributed by atoms with Crippen LogP contribution >= 0.6 is 0 Å². The number of aliphatic hydroxyl groups is 1. The number of anilines is 1. The summed E-state index contributed by atoms with van der Waals surface area (Å²) >= 11 is 0.